The summed E-state index contributed by atoms with van der Waals surface area (Å²) < 4.78 is 0. The standard InChI is InChI=1S/C16H15ClN2O/c1-2-15(13-9-6-10-14(17)11-13)18-19-16(20)12-7-4-3-5-8-12/h3-11H,2H2,1H3,(H,19,20). The average molecular weight is 287 g/mol. The molecular formula is C16H15ClN2O. The minimum Gasteiger partial charge on any atom is -0.267 e. The molecule has 0 fully saturated rings. The van der Waals surface area contributed by atoms with Crippen LogP contribution in [0.25, 0.3) is 0 Å². The van der Waals surface area contributed by atoms with Crippen LogP contribution in [0.5, 0.6) is 0 Å². The molecule has 4 heteroatoms. The van der Waals surface area contributed by atoms with Crippen LogP contribution in [0.3, 0.4) is 0 Å². The highest BCUT2D eigenvalue weighted by atomic mass is 35.5. The van der Waals surface area contributed by atoms with Crippen molar-refractivity contribution >= 4 is 23.2 Å². The quantitative estimate of drug-likeness (QED) is 0.672. The van der Waals surface area contributed by atoms with Crippen LogP contribution in [0.2, 0.25) is 5.02 Å². The number of nitrogens with zero attached hydrogens (tertiary/aromatic N) is 1. The Morgan fingerprint density at radius 2 is 1.80 bits per heavy atom. The Hall–Kier alpha value is -2.13. The van der Waals surface area contributed by atoms with Crippen molar-refractivity contribution in [2.45, 2.75) is 13.3 Å². The van der Waals surface area contributed by atoms with Crippen molar-refractivity contribution < 1.29 is 4.79 Å². The number of hydrazone groups is 1. The molecule has 0 heterocycles. The van der Waals surface area contributed by atoms with Gasteiger partial charge in [-0.3, -0.25) is 4.79 Å². The minimum absolute atomic E-state index is 0.224. The van der Waals surface area contributed by atoms with Crippen LogP contribution in [0.15, 0.2) is 59.7 Å². The molecule has 0 saturated carbocycles. The van der Waals surface area contributed by atoms with E-state index in [-0.39, 0.29) is 5.91 Å². The van der Waals surface area contributed by atoms with Crippen molar-refractivity contribution in [3.63, 3.8) is 0 Å². The van der Waals surface area contributed by atoms with Gasteiger partial charge in [0.2, 0.25) is 0 Å². The number of hydrogen-bond donors (Lipinski definition) is 1. The van der Waals surface area contributed by atoms with Crippen LogP contribution in [-0.4, -0.2) is 11.6 Å². The van der Waals surface area contributed by atoms with E-state index in [9.17, 15) is 4.79 Å². The molecule has 3 nitrogen and oxygen atoms in total. The van der Waals surface area contributed by atoms with Gasteiger partial charge in [-0.15, -0.1) is 0 Å². The smallest absolute Gasteiger partial charge is 0.267 e. The second-order valence-electron chi connectivity index (χ2n) is 4.23. The summed E-state index contributed by atoms with van der Waals surface area (Å²) in [6, 6.07) is 16.4. The Morgan fingerprint density at radius 1 is 1.10 bits per heavy atom. The third-order valence-corrected chi connectivity index (χ3v) is 3.06. The van der Waals surface area contributed by atoms with Crippen molar-refractivity contribution in [1.29, 1.82) is 0 Å². The molecular weight excluding hydrogens is 272 g/mol. The normalized spacial score (nSPS) is 11.2. The average Bonchev–Trinajstić information content (AvgIpc) is 2.48. The number of rotatable bonds is 4. The van der Waals surface area contributed by atoms with E-state index in [2.05, 4.69) is 10.5 Å². The molecule has 0 aliphatic rings. The van der Waals surface area contributed by atoms with E-state index in [1.807, 2.05) is 43.3 Å². The molecule has 0 radical (unpaired) electrons. The highest BCUT2D eigenvalue weighted by Gasteiger charge is 2.05. The Kier molecular flexibility index (Phi) is 4.91. The van der Waals surface area contributed by atoms with Gasteiger partial charge in [0.15, 0.2) is 0 Å². The molecule has 1 N–H and O–H groups in total. The maximum absolute atomic E-state index is 11.9. The van der Waals surface area contributed by atoms with Crippen LogP contribution in [-0.2, 0) is 0 Å². The highest BCUT2D eigenvalue weighted by Crippen LogP contribution is 2.12. The zero-order valence-corrected chi connectivity index (χ0v) is 11.9. The van der Waals surface area contributed by atoms with Gasteiger partial charge >= 0.3 is 0 Å². The van der Waals surface area contributed by atoms with E-state index in [4.69, 9.17) is 11.6 Å². The Balaban J connectivity index is 2.14. The van der Waals surface area contributed by atoms with Crippen molar-refractivity contribution in [1.82, 2.24) is 5.43 Å². The number of hydrogen-bond acceptors (Lipinski definition) is 2. The Bertz CT molecular complexity index is 623. The summed E-state index contributed by atoms with van der Waals surface area (Å²) in [6.45, 7) is 1.98. The molecule has 0 aliphatic heterocycles. The number of halogens is 1. The van der Waals surface area contributed by atoms with Crippen molar-refractivity contribution in [2.24, 2.45) is 5.10 Å². The zero-order valence-electron chi connectivity index (χ0n) is 11.1. The third kappa shape index (κ3) is 3.68. The lowest BCUT2D eigenvalue weighted by Crippen LogP contribution is -2.19. The maximum atomic E-state index is 11.9. The summed E-state index contributed by atoms with van der Waals surface area (Å²) in [6.07, 6.45) is 0.704. The lowest BCUT2D eigenvalue weighted by molar-refractivity contribution is 0.0955. The zero-order chi connectivity index (χ0) is 14.4. The van der Waals surface area contributed by atoms with Gasteiger partial charge in [0.1, 0.15) is 0 Å². The predicted molar refractivity (Wildman–Crippen MR) is 82.2 cm³/mol. The largest absolute Gasteiger partial charge is 0.271 e. The van der Waals surface area contributed by atoms with Crippen LogP contribution in [0, 0.1) is 0 Å². The van der Waals surface area contributed by atoms with Crippen LogP contribution in [0.1, 0.15) is 29.3 Å². The summed E-state index contributed by atoms with van der Waals surface area (Å²) >= 11 is 5.96. The number of carbonyl (C=O) groups is 1. The monoisotopic (exact) mass is 286 g/mol. The van der Waals surface area contributed by atoms with Gasteiger partial charge < -0.3 is 0 Å². The molecule has 102 valence electrons. The molecule has 0 bridgehead atoms. The molecule has 0 unspecified atom stereocenters. The molecule has 0 atom stereocenters. The van der Waals surface area contributed by atoms with E-state index in [1.165, 1.54) is 0 Å². The topological polar surface area (TPSA) is 41.5 Å². The van der Waals surface area contributed by atoms with E-state index in [0.717, 1.165) is 11.3 Å². The van der Waals surface area contributed by atoms with E-state index in [1.54, 1.807) is 18.2 Å². The molecule has 0 saturated heterocycles. The fraction of sp³-hybridized carbons (Fsp3) is 0.125. The summed E-state index contributed by atoms with van der Waals surface area (Å²) in [4.78, 5) is 11.9. The van der Waals surface area contributed by atoms with Gasteiger partial charge in [0, 0.05) is 10.6 Å². The van der Waals surface area contributed by atoms with Gasteiger partial charge in [-0.05, 0) is 36.2 Å². The third-order valence-electron chi connectivity index (χ3n) is 2.82. The first kappa shape index (κ1) is 14.3. The lowest BCUT2D eigenvalue weighted by atomic mass is 10.1. The Morgan fingerprint density at radius 3 is 2.45 bits per heavy atom. The fourth-order valence-corrected chi connectivity index (χ4v) is 1.98. The highest BCUT2D eigenvalue weighted by molar-refractivity contribution is 6.31. The first-order valence-corrected chi connectivity index (χ1v) is 6.76. The van der Waals surface area contributed by atoms with Gasteiger partial charge in [0.25, 0.3) is 5.91 Å². The van der Waals surface area contributed by atoms with E-state index in [0.29, 0.717) is 17.0 Å². The number of amides is 1. The second-order valence-corrected chi connectivity index (χ2v) is 4.67. The molecule has 20 heavy (non-hydrogen) atoms. The molecule has 0 aromatic heterocycles. The number of carbonyl (C=O) groups excluding carboxylic acids is 1. The fourth-order valence-electron chi connectivity index (χ4n) is 1.79. The molecule has 2 aromatic rings. The van der Waals surface area contributed by atoms with Crippen molar-refractivity contribution in [3.05, 3.63) is 70.7 Å². The minimum atomic E-state index is -0.224. The summed E-state index contributed by atoms with van der Waals surface area (Å²) in [5.74, 6) is -0.224. The van der Waals surface area contributed by atoms with Crippen LogP contribution < -0.4 is 5.43 Å². The lowest BCUT2D eigenvalue weighted by Gasteiger charge is -2.05. The van der Waals surface area contributed by atoms with Crippen molar-refractivity contribution in [2.75, 3.05) is 0 Å². The molecule has 1 amide bonds. The SMILES string of the molecule is CCC(=NNC(=O)c1ccccc1)c1cccc(Cl)c1. The van der Waals surface area contributed by atoms with Gasteiger partial charge in [0.05, 0.1) is 5.71 Å². The molecule has 0 aliphatic carbocycles. The van der Waals surface area contributed by atoms with Crippen LogP contribution >= 0.6 is 11.6 Å². The Labute approximate surface area is 123 Å². The second kappa shape index (κ2) is 6.87. The molecule has 0 spiro atoms. The molecule has 2 rings (SSSR count). The van der Waals surface area contributed by atoms with Gasteiger partial charge in [-0.25, -0.2) is 5.43 Å². The van der Waals surface area contributed by atoms with E-state index < -0.39 is 0 Å². The summed E-state index contributed by atoms with van der Waals surface area (Å²) in [5.41, 5.74) is 4.85. The first-order valence-electron chi connectivity index (χ1n) is 6.38. The maximum Gasteiger partial charge on any atom is 0.271 e. The first-order chi connectivity index (χ1) is 9.70. The number of nitrogens with one attached hydrogen (secondary N) is 1. The van der Waals surface area contributed by atoms with E-state index >= 15 is 0 Å². The summed E-state index contributed by atoms with van der Waals surface area (Å²) in [5, 5.41) is 4.84. The van der Waals surface area contributed by atoms with Gasteiger partial charge in [-0.2, -0.15) is 5.10 Å². The predicted octanol–water partition coefficient (Wildman–Crippen LogP) is 3.88. The molecule has 2 aromatic carbocycles. The van der Waals surface area contributed by atoms with Crippen LogP contribution in [0.4, 0.5) is 0 Å². The van der Waals surface area contributed by atoms with Gasteiger partial charge in [-0.1, -0.05) is 48.9 Å². The summed E-state index contributed by atoms with van der Waals surface area (Å²) in [7, 11) is 0. The number of benzene rings is 2. The van der Waals surface area contributed by atoms with Crippen molar-refractivity contribution in [3.8, 4) is 0 Å².